The van der Waals surface area contributed by atoms with E-state index >= 15 is 0 Å². The highest BCUT2D eigenvalue weighted by Gasteiger charge is 2.30. The smallest absolute Gasteiger partial charge is 0.418 e. The van der Waals surface area contributed by atoms with Crippen molar-refractivity contribution in [2.45, 2.75) is 38.5 Å². The molecule has 2 fully saturated rings. The molecular weight excluding hydrogens is 221 g/mol. The molecule has 1 spiro atoms. The summed E-state index contributed by atoms with van der Waals surface area (Å²) in [5.41, 5.74) is 0. The Balaban J connectivity index is 0.000000221. The van der Waals surface area contributed by atoms with Crippen LogP contribution in [0.15, 0.2) is 0 Å². The van der Waals surface area contributed by atoms with E-state index in [1.165, 1.54) is 69.2 Å². The third-order valence-corrected chi connectivity index (χ3v) is 3.53. The van der Waals surface area contributed by atoms with E-state index in [1.807, 2.05) is 0 Å². The largest absolute Gasteiger partial charge is 0.673 e. The van der Waals surface area contributed by atoms with Crippen LogP contribution in [0, 0.1) is 0 Å². The van der Waals surface area contributed by atoms with Crippen LogP contribution in [-0.2, 0) is 0 Å². The molecule has 96 valence electrons. The third-order valence-electron chi connectivity index (χ3n) is 3.53. The fourth-order valence-electron chi connectivity index (χ4n) is 2.81. The van der Waals surface area contributed by atoms with Crippen LogP contribution in [-0.4, -0.2) is 37.9 Å². The molecule has 2 rings (SSSR count). The summed E-state index contributed by atoms with van der Waals surface area (Å²) in [7, 11) is -6.00. The topological polar surface area (TPSA) is 0 Å². The minimum absolute atomic E-state index is 1.50. The molecule has 2 aliphatic heterocycles. The van der Waals surface area contributed by atoms with Crippen LogP contribution in [0.1, 0.15) is 38.5 Å². The molecule has 0 aromatic heterocycles. The number of hydrogen-bond acceptors (Lipinski definition) is 0. The van der Waals surface area contributed by atoms with Crippen LogP contribution in [0.2, 0.25) is 0 Å². The van der Waals surface area contributed by atoms with Crippen LogP contribution < -0.4 is 0 Å². The van der Waals surface area contributed by atoms with Crippen molar-refractivity contribution in [3.05, 3.63) is 0 Å². The van der Waals surface area contributed by atoms with Gasteiger partial charge in [-0.3, -0.25) is 0 Å². The summed E-state index contributed by atoms with van der Waals surface area (Å²) in [4.78, 5) is 0. The molecule has 0 aromatic rings. The van der Waals surface area contributed by atoms with E-state index in [9.17, 15) is 17.3 Å². The van der Waals surface area contributed by atoms with E-state index in [0.29, 0.717) is 0 Å². The van der Waals surface area contributed by atoms with Gasteiger partial charge in [-0.05, 0) is 38.5 Å². The maximum atomic E-state index is 9.75. The molecule has 2 saturated heterocycles. The molecule has 0 unspecified atom stereocenters. The van der Waals surface area contributed by atoms with E-state index in [0.717, 1.165) is 0 Å². The van der Waals surface area contributed by atoms with E-state index in [2.05, 4.69) is 0 Å². The Morgan fingerprint density at radius 2 is 0.812 bits per heavy atom. The predicted molar refractivity (Wildman–Crippen MR) is 57.6 cm³/mol. The third kappa shape index (κ3) is 5.73. The predicted octanol–water partition coefficient (Wildman–Crippen LogP) is 3.47. The molecular formula is C10H20BF4N. The average molecular weight is 241 g/mol. The Labute approximate surface area is 94.5 Å². The maximum Gasteiger partial charge on any atom is 0.673 e. The molecule has 1 nitrogen and oxygen atoms in total. The molecule has 0 bridgehead atoms. The molecule has 0 saturated carbocycles. The molecule has 6 heteroatoms. The molecule has 0 amide bonds. The lowest BCUT2D eigenvalue weighted by Gasteiger charge is -2.44. The Morgan fingerprint density at radius 1 is 0.562 bits per heavy atom. The van der Waals surface area contributed by atoms with Gasteiger partial charge in [-0.1, -0.05) is 0 Å². The number of quaternary nitrogens is 1. The lowest BCUT2D eigenvalue weighted by molar-refractivity contribution is -0.936. The van der Waals surface area contributed by atoms with Gasteiger partial charge >= 0.3 is 7.25 Å². The summed E-state index contributed by atoms with van der Waals surface area (Å²) in [5, 5.41) is 0. The van der Waals surface area contributed by atoms with E-state index in [4.69, 9.17) is 0 Å². The zero-order valence-corrected chi connectivity index (χ0v) is 9.61. The van der Waals surface area contributed by atoms with Gasteiger partial charge in [0.2, 0.25) is 0 Å². The SMILES string of the molecule is C1CC[N+]2(CC1)CCCCC2.F[B-](F)(F)F. The number of rotatable bonds is 0. The van der Waals surface area contributed by atoms with E-state index in [-0.39, 0.29) is 0 Å². The van der Waals surface area contributed by atoms with Gasteiger partial charge in [0.25, 0.3) is 0 Å². The number of hydrogen-bond donors (Lipinski definition) is 0. The molecule has 16 heavy (non-hydrogen) atoms. The van der Waals surface area contributed by atoms with Gasteiger partial charge < -0.3 is 21.7 Å². The van der Waals surface area contributed by atoms with Crippen molar-refractivity contribution in [3.63, 3.8) is 0 Å². The minimum atomic E-state index is -6.00. The van der Waals surface area contributed by atoms with Crippen molar-refractivity contribution in [1.29, 1.82) is 0 Å². The lowest BCUT2D eigenvalue weighted by Crippen LogP contribution is -2.54. The average Bonchev–Trinajstić information content (AvgIpc) is 2.17. The standard InChI is InChI=1S/C10H20N.BF4/c1-3-7-11(8-4-1)9-5-2-6-10-11;2-1(3,4)5/h1-10H2;/q+1;-1. The first-order valence-corrected chi connectivity index (χ1v) is 6.14. The lowest BCUT2D eigenvalue weighted by atomic mass is 10.0. The maximum absolute atomic E-state index is 9.75. The summed E-state index contributed by atoms with van der Waals surface area (Å²) in [6.07, 6.45) is 9.00. The number of piperidine rings is 2. The van der Waals surface area contributed by atoms with Gasteiger partial charge in [-0.15, -0.1) is 0 Å². The highest BCUT2D eigenvalue weighted by molar-refractivity contribution is 6.50. The normalized spacial score (nSPS) is 24.8. The molecule has 2 heterocycles. The first-order chi connectivity index (χ1) is 7.41. The van der Waals surface area contributed by atoms with E-state index in [1.54, 1.807) is 0 Å². The zero-order chi connectivity index (χ0) is 12.1. The van der Waals surface area contributed by atoms with E-state index < -0.39 is 7.25 Å². The molecule has 2 aliphatic rings. The van der Waals surface area contributed by atoms with Crippen LogP contribution in [0.5, 0.6) is 0 Å². The minimum Gasteiger partial charge on any atom is -0.418 e. The van der Waals surface area contributed by atoms with Crippen molar-refractivity contribution in [3.8, 4) is 0 Å². The second kappa shape index (κ2) is 5.89. The Bertz CT molecular complexity index is 170. The summed E-state index contributed by atoms with van der Waals surface area (Å²) in [6.45, 7) is 6.00. The van der Waals surface area contributed by atoms with Crippen molar-refractivity contribution in [2.75, 3.05) is 26.2 Å². The molecule has 0 atom stereocenters. The van der Waals surface area contributed by atoms with Gasteiger partial charge in [0, 0.05) is 0 Å². The Kier molecular flexibility index (Phi) is 5.08. The van der Waals surface area contributed by atoms with Crippen LogP contribution in [0.3, 0.4) is 0 Å². The van der Waals surface area contributed by atoms with Crippen LogP contribution >= 0.6 is 0 Å². The van der Waals surface area contributed by atoms with Crippen molar-refractivity contribution in [1.82, 2.24) is 0 Å². The van der Waals surface area contributed by atoms with Gasteiger partial charge in [-0.2, -0.15) is 0 Å². The monoisotopic (exact) mass is 241 g/mol. The summed E-state index contributed by atoms with van der Waals surface area (Å²) >= 11 is 0. The van der Waals surface area contributed by atoms with Gasteiger partial charge in [0.15, 0.2) is 0 Å². The first kappa shape index (κ1) is 13.8. The Hall–Kier alpha value is -0.255. The second-order valence-electron chi connectivity index (χ2n) is 4.85. The van der Waals surface area contributed by atoms with Gasteiger partial charge in [-0.25, -0.2) is 0 Å². The summed E-state index contributed by atoms with van der Waals surface area (Å²) in [6, 6.07) is 0. The summed E-state index contributed by atoms with van der Waals surface area (Å²) < 4.78 is 40.5. The highest BCUT2D eigenvalue weighted by atomic mass is 19.5. The molecule has 0 radical (unpaired) electrons. The number of halogens is 4. The highest BCUT2D eigenvalue weighted by Crippen LogP contribution is 2.24. The quantitative estimate of drug-likeness (QED) is 0.346. The summed E-state index contributed by atoms with van der Waals surface area (Å²) in [5.74, 6) is 0. The van der Waals surface area contributed by atoms with Gasteiger partial charge in [0.1, 0.15) is 0 Å². The fourth-order valence-corrected chi connectivity index (χ4v) is 2.81. The molecule has 0 N–H and O–H groups in total. The second-order valence-corrected chi connectivity index (χ2v) is 4.85. The Morgan fingerprint density at radius 3 is 1.06 bits per heavy atom. The zero-order valence-electron chi connectivity index (χ0n) is 9.61. The fraction of sp³-hybridized carbons (Fsp3) is 1.00. The molecule has 0 aromatic carbocycles. The first-order valence-electron chi connectivity index (χ1n) is 6.14. The van der Waals surface area contributed by atoms with Crippen molar-refractivity contribution in [2.24, 2.45) is 0 Å². The van der Waals surface area contributed by atoms with Crippen molar-refractivity contribution < 1.29 is 21.7 Å². The molecule has 0 aliphatic carbocycles. The van der Waals surface area contributed by atoms with Crippen LogP contribution in [0.25, 0.3) is 0 Å². The number of nitrogens with zero attached hydrogens (tertiary/aromatic N) is 1. The van der Waals surface area contributed by atoms with Crippen LogP contribution in [0.4, 0.5) is 17.3 Å². The van der Waals surface area contributed by atoms with Gasteiger partial charge in [0.05, 0.1) is 26.2 Å². The van der Waals surface area contributed by atoms with Crippen molar-refractivity contribution >= 4 is 7.25 Å².